The zero-order valence-corrected chi connectivity index (χ0v) is 11.2. The lowest BCUT2D eigenvalue weighted by atomic mass is 10.1. The first-order valence-corrected chi connectivity index (χ1v) is 6.30. The molecule has 3 rings (SSSR count). The van der Waals surface area contributed by atoms with E-state index < -0.39 is 5.76 Å². The number of benzene rings is 2. The molecular weight excluding hydrogens is 254 g/mol. The molecule has 0 atom stereocenters. The summed E-state index contributed by atoms with van der Waals surface area (Å²) in [5.41, 5.74) is 3.33. The molecule has 3 aromatic rings. The summed E-state index contributed by atoms with van der Waals surface area (Å²) in [6.07, 6.45) is 0. The zero-order valence-electron chi connectivity index (χ0n) is 11.2. The average Bonchev–Trinajstić information content (AvgIpc) is 2.73. The SMILES string of the molecule is Cc1cccc(C(=O)n2c(=O)oc3cc(C)ccc32)c1. The first kappa shape index (κ1) is 12.4. The fourth-order valence-electron chi connectivity index (χ4n) is 2.23. The van der Waals surface area contributed by atoms with Gasteiger partial charge in [0.1, 0.15) is 0 Å². The van der Waals surface area contributed by atoms with Crippen molar-refractivity contribution in [3.8, 4) is 0 Å². The molecule has 0 unspecified atom stereocenters. The minimum atomic E-state index is -0.655. The molecule has 0 aliphatic heterocycles. The van der Waals surface area contributed by atoms with E-state index in [4.69, 9.17) is 4.42 Å². The second-order valence-corrected chi connectivity index (χ2v) is 4.85. The zero-order chi connectivity index (χ0) is 14.3. The topological polar surface area (TPSA) is 52.2 Å². The maximum absolute atomic E-state index is 12.5. The summed E-state index contributed by atoms with van der Waals surface area (Å²) in [4.78, 5) is 24.4. The van der Waals surface area contributed by atoms with Gasteiger partial charge < -0.3 is 4.42 Å². The van der Waals surface area contributed by atoms with E-state index in [1.807, 2.05) is 26.0 Å². The van der Waals surface area contributed by atoms with Gasteiger partial charge in [-0.05, 0) is 43.7 Å². The van der Waals surface area contributed by atoms with Crippen molar-refractivity contribution in [2.24, 2.45) is 0 Å². The quantitative estimate of drug-likeness (QED) is 0.681. The van der Waals surface area contributed by atoms with Crippen LogP contribution in [0.25, 0.3) is 11.1 Å². The summed E-state index contributed by atoms with van der Waals surface area (Å²) < 4.78 is 6.21. The molecule has 0 radical (unpaired) electrons. The first-order chi connectivity index (χ1) is 9.56. The first-order valence-electron chi connectivity index (χ1n) is 6.30. The fraction of sp³-hybridized carbons (Fsp3) is 0.125. The number of oxazole rings is 1. The van der Waals surface area contributed by atoms with Crippen LogP contribution in [0.2, 0.25) is 0 Å². The smallest absolute Gasteiger partial charge is 0.407 e. The molecular formula is C16H13NO3. The van der Waals surface area contributed by atoms with Gasteiger partial charge in [-0.3, -0.25) is 4.79 Å². The summed E-state index contributed by atoms with van der Waals surface area (Å²) in [7, 11) is 0. The van der Waals surface area contributed by atoms with E-state index in [1.54, 1.807) is 30.3 Å². The van der Waals surface area contributed by atoms with E-state index in [0.29, 0.717) is 16.7 Å². The number of hydrogen-bond acceptors (Lipinski definition) is 3. The summed E-state index contributed by atoms with van der Waals surface area (Å²) in [6, 6.07) is 12.4. The van der Waals surface area contributed by atoms with Crippen molar-refractivity contribution >= 4 is 17.0 Å². The molecule has 4 nitrogen and oxygen atoms in total. The maximum Gasteiger partial charge on any atom is 0.427 e. The molecule has 0 spiro atoms. The molecule has 1 aromatic heterocycles. The molecule has 0 saturated heterocycles. The molecule has 0 bridgehead atoms. The van der Waals surface area contributed by atoms with Gasteiger partial charge in [-0.2, -0.15) is 0 Å². The van der Waals surface area contributed by atoms with Gasteiger partial charge in [-0.25, -0.2) is 9.36 Å². The third kappa shape index (κ3) is 1.95. The Bertz CT molecular complexity index is 871. The van der Waals surface area contributed by atoms with Crippen molar-refractivity contribution in [3.05, 3.63) is 69.7 Å². The fourth-order valence-corrected chi connectivity index (χ4v) is 2.23. The van der Waals surface area contributed by atoms with Crippen LogP contribution in [0.3, 0.4) is 0 Å². The van der Waals surface area contributed by atoms with Crippen LogP contribution in [-0.2, 0) is 0 Å². The van der Waals surface area contributed by atoms with Crippen LogP contribution in [0.15, 0.2) is 51.7 Å². The highest BCUT2D eigenvalue weighted by Crippen LogP contribution is 2.16. The van der Waals surface area contributed by atoms with Gasteiger partial charge in [-0.1, -0.05) is 23.8 Å². The average molecular weight is 267 g/mol. The van der Waals surface area contributed by atoms with Crippen molar-refractivity contribution in [3.63, 3.8) is 0 Å². The number of fused-ring (bicyclic) bond motifs is 1. The molecule has 0 N–H and O–H groups in total. The predicted molar refractivity (Wildman–Crippen MR) is 76.1 cm³/mol. The lowest BCUT2D eigenvalue weighted by molar-refractivity contribution is 0.0956. The Morgan fingerprint density at radius 2 is 1.80 bits per heavy atom. The summed E-state index contributed by atoms with van der Waals surface area (Å²) in [5, 5.41) is 0. The van der Waals surface area contributed by atoms with Crippen molar-refractivity contribution in [2.45, 2.75) is 13.8 Å². The van der Waals surface area contributed by atoms with Gasteiger partial charge in [-0.15, -0.1) is 0 Å². The Morgan fingerprint density at radius 1 is 1.05 bits per heavy atom. The summed E-state index contributed by atoms with van der Waals surface area (Å²) in [5.74, 6) is -1.03. The Balaban J connectivity index is 2.22. The second-order valence-electron chi connectivity index (χ2n) is 4.85. The number of hydrogen-bond donors (Lipinski definition) is 0. The summed E-state index contributed by atoms with van der Waals surface area (Å²) >= 11 is 0. The standard InChI is InChI=1S/C16H13NO3/c1-10-4-3-5-12(8-10)15(18)17-13-7-6-11(2)9-14(13)20-16(17)19/h3-9H,1-2H3. The number of aromatic nitrogens is 1. The lowest BCUT2D eigenvalue weighted by Gasteiger charge is -2.02. The van der Waals surface area contributed by atoms with Crippen molar-refractivity contribution in [2.75, 3.05) is 0 Å². The molecule has 0 aliphatic carbocycles. The maximum atomic E-state index is 12.5. The van der Waals surface area contributed by atoms with Crippen LogP contribution in [-0.4, -0.2) is 10.5 Å². The molecule has 0 amide bonds. The van der Waals surface area contributed by atoms with Crippen LogP contribution >= 0.6 is 0 Å². The Kier molecular flexibility index (Phi) is 2.79. The van der Waals surface area contributed by atoms with E-state index in [-0.39, 0.29) is 5.91 Å². The Morgan fingerprint density at radius 3 is 2.55 bits per heavy atom. The third-order valence-corrected chi connectivity index (χ3v) is 3.20. The highest BCUT2D eigenvalue weighted by Gasteiger charge is 2.17. The number of aryl methyl sites for hydroxylation is 2. The van der Waals surface area contributed by atoms with E-state index in [1.165, 1.54) is 0 Å². The minimum Gasteiger partial charge on any atom is -0.407 e. The van der Waals surface area contributed by atoms with E-state index >= 15 is 0 Å². The highest BCUT2D eigenvalue weighted by atomic mass is 16.4. The van der Waals surface area contributed by atoms with Gasteiger partial charge in [0.05, 0.1) is 5.52 Å². The number of carbonyl (C=O) groups excluding carboxylic acids is 1. The summed E-state index contributed by atoms with van der Waals surface area (Å²) in [6.45, 7) is 3.80. The molecule has 20 heavy (non-hydrogen) atoms. The molecule has 1 heterocycles. The molecule has 4 heteroatoms. The molecule has 100 valence electrons. The van der Waals surface area contributed by atoms with E-state index in [2.05, 4.69) is 0 Å². The van der Waals surface area contributed by atoms with Crippen LogP contribution < -0.4 is 5.76 Å². The van der Waals surface area contributed by atoms with Crippen molar-refractivity contribution in [1.82, 2.24) is 4.57 Å². The number of carbonyl (C=O) groups is 1. The Labute approximate surface area is 115 Å². The normalized spacial score (nSPS) is 10.9. The molecule has 2 aromatic carbocycles. The van der Waals surface area contributed by atoms with Crippen molar-refractivity contribution < 1.29 is 9.21 Å². The van der Waals surface area contributed by atoms with Crippen LogP contribution in [0.1, 0.15) is 21.5 Å². The Hall–Kier alpha value is -2.62. The minimum absolute atomic E-state index is 0.374. The van der Waals surface area contributed by atoms with Crippen LogP contribution in [0, 0.1) is 13.8 Å². The number of rotatable bonds is 1. The van der Waals surface area contributed by atoms with Gasteiger partial charge in [0, 0.05) is 5.56 Å². The van der Waals surface area contributed by atoms with Gasteiger partial charge in [0.2, 0.25) is 0 Å². The van der Waals surface area contributed by atoms with Gasteiger partial charge >= 0.3 is 5.76 Å². The second kappa shape index (κ2) is 4.49. The van der Waals surface area contributed by atoms with Gasteiger partial charge in [0.15, 0.2) is 5.58 Å². The van der Waals surface area contributed by atoms with E-state index in [9.17, 15) is 9.59 Å². The monoisotopic (exact) mass is 267 g/mol. The van der Waals surface area contributed by atoms with Gasteiger partial charge in [0.25, 0.3) is 5.91 Å². The predicted octanol–water partition coefficient (Wildman–Crippen LogP) is 2.90. The molecule has 0 fully saturated rings. The third-order valence-electron chi connectivity index (χ3n) is 3.20. The molecule has 0 aliphatic rings. The van der Waals surface area contributed by atoms with Crippen LogP contribution in [0.5, 0.6) is 0 Å². The highest BCUT2D eigenvalue weighted by molar-refractivity contribution is 6.00. The van der Waals surface area contributed by atoms with Crippen molar-refractivity contribution in [1.29, 1.82) is 0 Å². The molecule has 0 saturated carbocycles. The lowest BCUT2D eigenvalue weighted by Crippen LogP contribution is -2.23. The van der Waals surface area contributed by atoms with Crippen LogP contribution in [0.4, 0.5) is 0 Å². The van der Waals surface area contributed by atoms with E-state index in [0.717, 1.165) is 15.7 Å². The largest absolute Gasteiger partial charge is 0.427 e. The number of nitrogens with zero attached hydrogens (tertiary/aromatic N) is 1.